The standard InChI is InChI=1S/C23H12Br2ClNO3/c24-13-4-7-16(8-5-13)27-20(12-2-1-3-15(26)10-12)19-21(28)17-11-14(25)6-9-18(17)30-22(19)23(27)29/h1-11,20H. The number of carbonyl (C=O) groups excluding carboxylic acids is 1. The quantitative estimate of drug-likeness (QED) is 0.281. The highest BCUT2D eigenvalue weighted by molar-refractivity contribution is 9.10. The lowest BCUT2D eigenvalue weighted by atomic mass is 9.98. The number of carbonyl (C=O) groups is 1. The predicted molar refractivity (Wildman–Crippen MR) is 124 cm³/mol. The Bertz CT molecular complexity index is 1380. The van der Waals surface area contributed by atoms with Gasteiger partial charge in [-0.2, -0.15) is 0 Å². The molecular weight excluding hydrogens is 534 g/mol. The Morgan fingerprint density at radius 1 is 0.900 bits per heavy atom. The molecule has 30 heavy (non-hydrogen) atoms. The van der Waals surface area contributed by atoms with Crippen molar-refractivity contribution in [2.45, 2.75) is 6.04 Å². The number of benzene rings is 3. The number of anilines is 1. The van der Waals surface area contributed by atoms with Crippen LogP contribution in [0.25, 0.3) is 11.0 Å². The van der Waals surface area contributed by atoms with Gasteiger partial charge in [0.25, 0.3) is 5.91 Å². The van der Waals surface area contributed by atoms with E-state index in [1.165, 1.54) is 0 Å². The Morgan fingerprint density at radius 3 is 2.37 bits per heavy atom. The monoisotopic (exact) mass is 543 g/mol. The van der Waals surface area contributed by atoms with E-state index < -0.39 is 6.04 Å². The van der Waals surface area contributed by atoms with Crippen molar-refractivity contribution in [1.82, 2.24) is 0 Å². The zero-order chi connectivity index (χ0) is 21.0. The SMILES string of the molecule is O=C1c2oc3ccc(Br)cc3c(=O)c2C(c2cccc(Cl)c2)N1c1ccc(Br)cc1. The molecule has 148 valence electrons. The first-order valence-electron chi connectivity index (χ1n) is 9.05. The summed E-state index contributed by atoms with van der Waals surface area (Å²) in [6.07, 6.45) is 0. The second-order valence-electron chi connectivity index (χ2n) is 6.92. The normalized spacial score (nSPS) is 15.6. The molecule has 7 heteroatoms. The van der Waals surface area contributed by atoms with Crippen LogP contribution < -0.4 is 10.3 Å². The van der Waals surface area contributed by atoms with Crippen LogP contribution in [0.2, 0.25) is 5.02 Å². The van der Waals surface area contributed by atoms with Crippen molar-refractivity contribution in [2.24, 2.45) is 0 Å². The van der Waals surface area contributed by atoms with E-state index in [0.29, 0.717) is 27.2 Å². The molecule has 1 aromatic heterocycles. The van der Waals surface area contributed by atoms with Gasteiger partial charge < -0.3 is 4.42 Å². The largest absolute Gasteiger partial charge is 0.450 e. The van der Waals surface area contributed by atoms with Gasteiger partial charge in [-0.1, -0.05) is 55.6 Å². The first kappa shape index (κ1) is 19.5. The third-order valence-corrected chi connectivity index (χ3v) is 6.36. The third-order valence-electron chi connectivity index (χ3n) is 5.10. The average molecular weight is 546 g/mol. The van der Waals surface area contributed by atoms with Crippen molar-refractivity contribution < 1.29 is 9.21 Å². The highest BCUT2D eigenvalue weighted by Crippen LogP contribution is 2.42. The van der Waals surface area contributed by atoms with Crippen LogP contribution >= 0.6 is 43.5 Å². The van der Waals surface area contributed by atoms with E-state index in [1.807, 2.05) is 30.3 Å². The van der Waals surface area contributed by atoms with Gasteiger partial charge in [0, 0.05) is 19.7 Å². The minimum absolute atomic E-state index is 0.0581. The maximum Gasteiger partial charge on any atom is 0.295 e. The minimum atomic E-state index is -0.646. The molecule has 0 saturated carbocycles. The molecule has 2 heterocycles. The van der Waals surface area contributed by atoms with Gasteiger partial charge in [-0.3, -0.25) is 14.5 Å². The van der Waals surface area contributed by atoms with Crippen LogP contribution in [0.4, 0.5) is 5.69 Å². The minimum Gasteiger partial charge on any atom is -0.450 e. The first-order chi connectivity index (χ1) is 14.4. The summed E-state index contributed by atoms with van der Waals surface area (Å²) >= 11 is 13.1. The maximum atomic E-state index is 13.5. The Morgan fingerprint density at radius 2 is 1.63 bits per heavy atom. The Kier molecular flexibility index (Phi) is 4.81. The molecule has 4 nitrogen and oxygen atoms in total. The number of fused-ring (bicyclic) bond motifs is 2. The zero-order valence-corrected chi connectivity index (χ0v) is 19.2. The topological polar surface area (TPSA) is 50.5 Å². The second-order valence-corrected chi connectivity index (χ2v) is 9.19. The van der Waals surface area contributed by atoms with Crippen LogP contribution in [0, 0.1) is 0 Å². The van der Waals surface area contributed by atoms with Crippen LogP contribution in [0.5, 0.6) is 0 Å². The molecule has 4 aromatic rings. The fraction of sp³-hybridized carbons (Fsp3) is 0.0435. The average Bonchev–Trinajstić information content (AvgIpc) is 3.02. The van der Waals surface area contributed by atoms with Gasteiger partial charge in [0.05, 0.1) is 17.0 Å². The van der Waals surface area contributed by atoms with Crippen molar-refractivity contribution in [3.8, 4) is 0 Å². The van der Waals surface area contributed by atoms with Gasteiger partial charge in [-0.05, 0) is 60.2 Å². The molecule has 1 aliphatic heterocycles. The van der Waals surface area contributed by atoms with Gasteiger partial charge >= 0.3 is 0 Å². The van der Waals surface area contributed by atoms with Crippen LogP contribution in [-0.2, 0) is 0 Å². The van der Waals surface area contributed by atoms with E-state index in [0.717, 1.165) is 14.5 Å². The summed E-state index contributed by atoms with van der Waals surface area (Å²) in [6, 6.07) is 19.1. The lowest BCUT2D eigenvalue weighted by Gasteiger charge is -2.25. The molecule has 0 spiro atoms. The highest BCUT2D eigenvalue weighted by atomic mass is 79.9. The number of rotatable bonds is 2. The van der Waals surface area contributed by atoms with Crippen LogP contribution in [-0.4, -0.2) is 5.91 Å². The van der Waals surface area contributed by atoms with Crippen molar-refractivity contribution in [3.05, 3.63) is 108 Å². The molecule has 0 fully saturated rings. The van der Waals surface area contributed by atoms with Crippen LogP contribution in [0.1, 0.15) is 27.7 Å². The van der Waals surface area contributed by atoms with Crippen molar-refractivity contribution in [3.63, 3.8) is 0 Å². The molecule has 0 radical (unpaired) electrons. The molecule has 0 aliphatic carbocycles. The molecule has 3 aromatic carbocycles. The van der Waals surface area contributed by atoms with Crippen LogP contribution in [0.15, 0.2) is 84.9 Å². The van der Waals surface area contributed by atoms with Gasteiger partial charge in [-0.15, -0.1) is 0 Å². The molecule has 0 bridgehead atoms. The first-order valence-corrected chi connectivity index (χ1v) is 11.0. The third kappa shape index (κ3) is 3.11. The predicted octanol–water partition coefficient (Wildman–Crippen LogP) is 6.72. The number of hydrogen-bond donors (Lipinski definition) is 0. The fourth-order valence-electron chi connectivity index (χ4n) is 3.81. The molecule has 1 unspecified atom stereocenters. The summed E-state index contributed by atoms with van der Waals surface area (Å²) in [5.74, 6) is -0.304. The van der Waals surface area contributed by atoms with Crippen molar-refractivity contribution in [1.29, 1.82) is 0 Å². The summed E-state index contributed by atoms with van der Waals surface area (Å²) in [5.41, 5.74) is 1.85. The second kappa shape index (κ2) is 7.38. The summed E-state index contributed by atoms with van der Waals surface area (Å²) in [6.45, 7) is 0. The van der Waals surface area contributed by atoms with E-state index in [1.54, 1.807) is 41.3 Å². The van der Waals surface area contributed by atoms with E-state index in [-0.39, 0.29) is 17.1 Å². The molecular formula is C23H12Br2ClNO3. The van der Waals surface area contributed by atoms with Gasteiger partial charge in [-0.25, -0.2) is 0 Å². The van der Waals surface area contributed by atoms with Gasteiger partial charge in [0.15, 0.2) is 5.43 Å². The molecule has 0 saturated heterocycles. The van der Waals surface area contributed by atoms with Crippen molar-refractivity contribution in [2.75, 3.05) is 4.90 Å². The summed E-state index contributed by atoms with van der Waals surface area (Å²) in [4.78, 5) is 28.6. The molecule has 1 amide bonds. The summed E-state index contributed by atoms with van der Waals surface area (Å²) in [7, 11) is 0. The molecule has 0 N–H and O–H groups in total. The molecule has 5 rings (SSSR count). The Labute approximate surface area is 193 Å². The number of amides is 1. The fourth-order valence-corrected chi connectivity index (χ4v) is 4.63. The highest BCUT2D eigenvalue weighted by Gasteiger charge is 2.43. The number of halogens is 3. The number of hydrogen-bond acceptors (Lipinski definition) is 3. The zero-order valence-electron chi connectivity index (χ0n) is 15.2. The van der Waals surface area contributed by atoms with Crippen molar-refractivity contribution >= 4 is 66.0 Å². The maximum absolute atomic E-state index is 13.5. The molecule has 1 aliphatic rings. The summed E-state index contributed by atoms with van der Waals surface area (Å²) in [5, 5.41) is 0.942. The van der Waals surface area contributed by atoms with E-state index in [9.17, 15) is 9.59 Å². The van der Waals surface area contributed by atoms with Gasteiger partial charge in [0.2, 0.25) is 5.76 Å². The summed E-state index contributed by atoms with van der Waals surface area (Å²) < 4.78 is 7.60. The smallest absolute Gasteiger partial charge is 0.295 e. The van der Waals surface area contributed by atoms with E-state index in [4.69, 9.17) is 16.0 Å². The van der Waals surface area contributed by atoms with E-state index in [2.05, 4.69) is 31.9 Å². The Hall–Kier alpha value is -2.41. The lowest BCUT2D eigenvalue weighted by molar-refractivity contribution is 0.0971. The van der Waals surface area contributed by atoms with Crippen LogP contribution in [0.3, 0.4) is 0 Å². The number of nitrogens with zero attached hydrogens (tertiary/aromatic N) is 1. The van der Waals surface area contributed by atoms with Gasteiger partial charge in [0.1, 0.15) is 5.58 Å². The lowest BCUT2D eigenvalue weighted by Crippen LogP contribution is -2.29. The van der Waals surface area contributed by atoms with E-state index >= 15 is 0 Å². The Balaban J connectivity index is 1.83. The molecule has 1 atom stereocenters.